The van der Waals surface area contributed by atoms with Gasteiger partial charge < -0.3 is 4.74 Å². The quantitative estimate of drug-likeness (QED) is 0.555. The summed E-state index contributed by atoms with van der Waals surface area (Å²) in [6.45, 7) is 15.0. The molecule has 1 rings (SSSR count). The van der Waals surface area contributed by atoms with Crippen LogP contribution in [0.5, 0.6) is 0 Å². The van der Waals surface area contributed by atoms with E-state index in [0.717, 1.165) is 0 Å². The average molecular weight is 283 g/mol. The van der Waals surface area contributed by atoms with Gasteiger partial charge in [0.05, 0.1) is 6.61 Å². The number of nitrogens with zero attached hydrogens (tertiary/aromatic N) is 3. The number of carbonyl (C=O) groups excluding carboxylic acids is 1. The van der Waals surface area contributed by atoms with E-state index >= 15 is 0 Å². The molecule has 0 aromatic rings. The highest BCUT2D eigenvalue weighted by Gasteiger charge is 2.52. The van der Waals surface area contributed by atoms with Gasteiger partial charge in [0.2, 0.25) is 0 Å². The van der Waals surface area contributed by atoms with Crippen molar-refractivity contribution in [3.05, 3.63) is 0 Å². The first kappa shape index (κ1) is 17.0. The minimum atomic E-state index is -0.284. The van der Waals surface area contributed by atoms with Crippen LogP contribution in [0.15, 0.2) is 4.99 Å². The largest absolute Gasteiger partial charge is 0.449 e. The fourth-order valence-electron chi connectivity index (χ4n) is 1.85. The fraction of sp³-hybridized carbons (Fsp3) is 0.867. The van der Waals surface area contributed by atoms with Gasteiger partial charge in [0.25, 0.3) is 0 Å². The van der Waals surface area contributed by atoms with Crippen LogP contribution in [0.4, 0.5) is 4.79 Å². The Hall–Kier alpha value is -1.10. The molecule has 0 saturated carbocycles. The van der Waals surface area contributed by atoms with E-state index in [9.17, 15) is 4.79 Å². The number of ether oxygens (including phenoxy) is 1. The standard InChI is InChI=1S/C15H29N3O2/c1-8-20-15(19)18-14(9-16-12(6)10(2)3)17(18)13(7)11(4)5/h9-14H,8H2,1-7H3/t12-,13-,14?,17?,18?/m1/s1. The molecule has 5 nitrogen and oxygen atoms in total. The summed E-state index contributed by atoms with van der Waals surface area (Å²) < 4.78 is 5.09. The fourth-order valence-corrected chi connectivity index (χ4v) is 1.85. The Bertz CT molecular complexity index is 355. The molecule has 1 aliphatic heterocycles. The van der Waals surface area contributed by atoms with E-state index in [-0.39, 0.29) is 24.3 Å². The molecule has 1 fully saturated rings. The lowest BCUT2D eigenvalue weighted by molar-refractivity contribution is 0.108. The Labute approximate surface area is 123 Å². The third-order valence-corrected chi connectivity index (χ3v) is 3.97. The first-order valence-corrected chi connectivity index (χ1v) is 7.58. The van der Waals surface area contributed by atoms with Gasteiger partial charge in [-0.05, 0) is 32.6 Å². The maximum atomic E-state index is 11.9. The summed E-state index contributed by atoms with van der Waals surface area (Å²) in [5.74, 6) is 0.963. The van der Waals surface area contributed by atoms with Crippen LogP contribution in [0.2, 0.25) is 0 Å². The Morgan fingerprint density at radius 2 is 1.80 bits per heavy atom. The van der Waals surface area contributed by atoms with E-state index in [1.807, 2.05) is 18.1 Å². The van der Waals surface area contributed by atoms with Crippen LogP contribution in [0, 0.1) is 11.8 Å². The van der Waals surface area contributed by atoms with Crippen molar-refractivity contribution in [2.45, 2.75) is 66.7 Å². The lowest BCUT2D eigenvalue weighted by Crippen LogP contribution is -2.27. The number of amides is 1. The van der Waals surface area contributed by atoms with Crippen molar-refractivity contribution in [2.75, 3.05) is 6.61 Å². The van der Waals surface area contributed by atoms with E-state index in [0.29, 0.717) is 18.4 Å². The van der Waals surface area contributed by atoms with E-state index in [4.69, 9.17) is 4.74 Å². The average Bonchev–Trinajstić information content (AvgIpc) is 3.09. The summed E-state index contributed by atoms with van der Waals surface area (Å²) in [7, 11) is 0. The second-order valence-electron chi connectivity index (χ2n) is 6.10. The molecule has 0 radical (unpaired) electrons. The lowest BCUT2D eigenvalue weighted by atomic mass is 10.1. The summed E-state index contributed by atoms with van der Waals surface area (Å²) in [4.78, 5) is 16.5. The molecule has 2 unspecified atom stereocenters. The topological polar surface area (TPSA) is 44.7 Å². The first-order valence-electron chi connectivity index (χ1n) is 7.58. The van der Waals surface area contributed by atoms with Crippen LogP contribution in [-0.4, -0.2) is 47.2 Å². The zero-order valence-electron chi connectivity index (χ0n) is 13.8. The van der Waals surface area contributed by atoms with Gasteiger partial charge in [0, 0.05) is 18.3 Å². The minimum Gasteiger partial charge on any atom is -0.449 e. The predicted octanol–water partition coefficient (Wildman–Crippen LogP) is 3.16. The number of hydrogen-bond acceptors (Lipinski definition) is 4. The molecule has 0 aliphatic carbocycles. The summed E-state index contributed by atoms with van der Waals surface area (Å²) >= 11 is 0. The maximum absolute atomic E-state index is 11.9. The molecule has 0 spiro atoms. The molecular formula is C15H29N3O2. The normalized spacial score (nSPS) is 25.4. The van der Waals surface area contributed by atoms with Gasteiger partial charge in [-0.3, -0.25) is 4.99 Å². The molecule has 20 heavy (non-hydrogen) atoms. The van der Waals surface area contributed by atoms with E-state index in [1.165, 1.54) is 0 Å². The van der Waals surface area contributed by atoms with Crippen LogP contribution in [-0.2, 0) is 4.74 Å². The Kier molecular flexibility index (Phi) is 5.99. The van der Waals surface area contributed by atoms with Crippen molar-refractivity contribution < 1.29 is 9.53 Å². The molecule has 0 N–H and O–H groups in total. The number of carbonyl (C=O) groups is 1. The Morgan fingerprint density at radius 1 is 1.20 bits per heavy atom. The van der Waals surface area contributed by atoms with Crippen LogP contribution in [0.1, 0.15) is 48.5 Å². The highest BCUT2D eigenvalue weighted by Crippen LogP contribution is 2.32. The van der Waals surface area contributed by atoms with Crippen LogP contribution in [0.3, 0.4) is 0 Å². The number of rotatable bonds is 6. The molecule has 4 atom stereocenters. The molecule has 1 aliphatic rings. The molecule has 0 aromatic carbocycles. The molecule has 1 amide bonds. The molecule has 1 heterocycles. The van der Waals surface area contributed by atoms with Crippen molar-refractivity contribution in [3.8, 4) is 0 Å². The van der Waals surface area contributed by atoms with Crippen LogP contribution < -0.4 is 0 Å². The SMILES string of the molecule is CCOC(=O)N1C(C=N[C@H](C)C(C)C)N1[C@H](C)C(C)C. The first-order chi connectivity index (χ1) is 9.31. The monoisotopic (exact) mass is 283 g/mol. The van der Waals surface area contributed by atoms with Gasteiger partial charge in [0.15, 0.2) is 6.17 Å². The summed E-state index contributed by atoms with van der Waals surface area (Å²) in [5, 5.41) is 3.70. The van der Waals surface area contributed by atoms with Gasteiger partial charge in [0.1, 0.15) is 0 Å². The second kappa shape index (κ2) is 7.07. The lowest BCUT2D eigenvalue weighted by Gasteiger charge is -2.16. The van der Waals surface area contributed by atoms with Gasteiger partial charge in [-0.15, -0.1) is 0 Å². The number of hydrogen-bond donors (Lipinski definition) is 0. The predicted molar refractivity (Wildman–Crippen MR) is 81.6 cm³/mol. The number of aliphatic imine (C=N–C) groups is 1. The van der Waals surface area contributed by atoms with Crippen molar-refractivity contribution in [3.63, 3.8) is 0 Å². The summed E-state index contributed by atoms with van der Waals surface area (Å²) in [5.41, 5.74) is 0. The van der Waals surface area contributed by atoms with Crippen molar-refractivity contribution in [1.29, 1.82) is 0 Å². The molecule has 0 bridgehead atoms. The summed E-state index contributed by atoms with van der Waals surface area (Å²) in [6.07, 6.45) is 1.53. The Morgan fingerprint density at radius 3 is 2.25 bits per heavy atom. The van der Waals surface area contributed by atoms with Crippen LogP contribution in [0.25, 0.3) is 0 Å². The van der Waals surface area contributed by atoms with Gasteiger partial charge >= 0.3 is 6.09 Å². The third kappa shape index (κ3) is 3.95. The third-order valence-electron chi connectivity index (χ3n) is 3.97. The van der Waals surface area contributed by atoms with Gasteiger partial charge in [-0.2, -0.15) is 5.01 Å². The van der Waals surface area contributed by atoms with Gasteiger partial charge in [-0.1, -0.05) is 27.7 Å². The van der Waals surface area contributed by atoms with E-state index in [1.54, 1.807) is 5.01 Å². The van der Waals surface area contributed by atoms with E-state index < -0.39 is 0 Å². The van der Waals surface area contributed by atoms with Gasteiger partial charge in [-0.25, -0.2) is 9.80 Å². The van der Waals surface area contributed by atoms with Crippen molar-refractivity contribution in [2.24, 2.45) is 16.8 Å². The highest BCUT2D eigenvalue weighted by molar-refractivity contribution is 5.79. The summed E-state index contributed by atoms with van der Waals surface area (Å²) in [6, 6.07) is 0.543. The van der Waals surface area contributed by atoms with Crippen molar-refractivity contribution >= 4 is 12.3 Å². The molecule has 1 saturated heterocycles. The zero-order chi connectivity index (χ0) is 15.4. The zero-order valence-corrected chi connectivity index (χ0v) is 13.8. The van der Waals surface area contributed by atoms with Crippen molar-refractivity contribution in [1.82, 2.24) is 10.0 Å². The van der Waals surface area contributed by atoms with E-state index in [2.05, 4.69) is 46.5 Å². The number of hydrazine groups is 1. The molecule has 116 valence electrons. The molecule has 5 heteroatoms. The molecular weight excluding hydrogens is 254 g/mol. The highest BCUT2D eigenvalue weighted by atomic mass is 16.6. The second-order valence-corrected chi connectivity index (χ2v) is 6.10. The minimum absolute atomic E-state index is 0.0624. The van der Waals surface area contributed by atoms with Crippen LogP contribution >= 0.6 is 0 Å². The smallest absolute Gasteiger partial charge is 0.426 e. The Balaban J connectivity index is 2.73. The maximum Gasteiger partial charge on any atom is 0.426 e. The molecule has 0 aromatic heterocycles.